The van der Waals surface area contributed by atoms with Crippen LogP contribution in [0.5, 0.6) is 11.5 Å². The van der Waals surface area contributed by atoms with E-state index >= 15 is 4.39 Å². The molecule has 0 fully saturated rings. The van der Waals surface area contributed by atoms with E-state index in [4.69, 9.17) is 8.85 Å². The Hall–Kier alpha value is -4.75. The maximum Gasteiger partial charge on any atom is 0.573 e. The van der Waals surface area contributed by atoms with Crippen LogP contribution >= 0.6 is 0 Å². The van der Waals surface area contributed by atoms with E-state index in [2.05, 4.69) is 20.1 Å². The smallest absolute Gasteiger partial charge is 0.496 e. The van der Waals surface area contributed by atoms with Crippen molar-refractivity contribution < 1.29 is 45.1 Å². The van der Waals surface area contributed by atoms with Gasteiger partial charge in [0.25, 0.3) is 5.91 Å². The van der Waals surface area contributed by atoms with E-state index < -0.39 is 53.7 Å². The zero-order chi connectivity index (χ0) is 31.0. The number of benzene rings is 2. The van der Waals surface area contributed by atoms with Crippen molar-refractivity contribution in [2.24, 2.45) is 0 Å². The maximum atomic E-state index is 15.9. The molecule has 0 spiro atoms. The molecule has 0 unspecified atom stereocenters. The average molecular weight is 552 g/mol. The van der Waals surface area contributed by atoms with Gasteiger partial charge in [-0.25, -0.2) is 18.3 Å². The van der Waals surface area contributed by atoms with E-state index in [1.54, 1.807) is 0 Å². The molecule has 2 heterocycles. The number of rotatable bonds is 7. The normalized spacial score (nSPS) is 13.7. The predicted octanol–water partition coefficient (Wildman–Crippen LogP) is 5.03. The number of nitrogens with one attached hydrogen (secondary N) is 2. The van der Waals surface area contributed by atoms with Gasteiger partial charge < -0.3 is 20.1 Å². The number of amides is 2. The monoisotopic (exact) mass is 552 g/mol. The summed E-state index contributed by atoms with van der Waals surface area (Å²) >= 11 is 0. The van der Waals surface area contributed by atoms with Gasteiger partial charge in [-0.3, -0.25) is 9.59 Å². The van der Waals surface area contributed by atoms with Gasteiger partial charge in [-0.05, 0) is 49.3 Å². The Balaban J connectivity index is 1.74. The molecule has 4 aromatic rings. The summed E-state index contributed by atoms with van der Waals surface area (Å²) < 4.78 is 102. The van der Waals surface area contributed by atoms with Gasteiger partial charge in [0, 0.05) is 22.2 Å². The van der Waals surface area contributed by atoms with Gasteiger partial charge in [0.05, 0.1) is 25.0 Å². The lowest BCUT2D eigenvalue weighted by Crippen LogP contribution is -2.29. The van der Waals surface area contributed by atoms with Crippen LogP contribution in [0.2, 0.25) is 0 Å². The van der Waals surface area contributed by atoms with Crippen LogP contribution in [-0.2, 0) is 4.79 Å². The van der Waals surface area contributed by atoms with Gasteiger partial charge >= 0.3 is 6.36 Å². The lowest BCUT2D eigenvalue weighted by atomic mass is 10.0. The number of imidazole rings is 1. The highest BCUT2D eigenvalue weighted by Crippen LogP contribution is 2.32. The van der Waals surface area contributed by atoms with Gasteiger partial charge in [-0.2, -0.15) is 5.10 Å². The minimum atomic E-state index is -5.16. The summed E-state index contributed by atoms with van der Waals surface area (Å²) in [5.74, 6) is -5.30. The molecule has 2 N–H and O–H groups in total. The van der Waals surface area contributed by atoms with E-state index in [0.29, 0.717) is 23.8 Å². The Morgan fingerprint density at radius 2 is 1.90 bits per heavy atom. The summed E-state index contributed by atoms with van der Waals surface area (Å²) in [4.78, 5) is 28.8. The molecule has 0 radical (unpaired) electrons. The van der Waals surface area contributed by atoms with Crippen LogP contribution in [0.1, 0.15) is 39.9 Å². The van der Waals surface area contributed by atoms with Crippen LogP contribution in [0, 0.1) is 11.6 Å². The highest BCUT2D eigenvalue weighted by molar-refractivity contribution is 5.98. The van der Waals surface area contributed by atoms with Crippen molar-refractivity contribution in [1.82, 2.24) is 19.9 Å². The fourth-order valence-corrected chi connectivity index (χ4v) is 3.63. The van der Waals surface area contributed by atoms with Gasteiger partial charge in [-0.15, -0.1) is 13.2 Å². The maximum absolute atomic E-state index is 15.9. The van der Waals surface area contributed by atoms with Gasteiger partial charge in [0.2, 0.25) is 5.91 Å². The quantitative estimate of drug-likeness (QED) is 0.312. The third-order valence-electron chi connectivity index (χ3n) is 5.24. The van der Waals surface area contributed by atoms with Crippen LogP contribution in [0.15, 0.2) is 48.7 Å². The molecule has 39 heavy (non-hydrogen) atoms. The number of halogens is 5. The molecule has 0 aliphatic rings. The second-order valence-corrected chi connectivity index (χ2v) is 7.97. The zero-order valence-corrected chi connectivity index (χ0v) is 20.1. The summed E-state index contributed by atoms with van der Waals surface area (Å²) in [6.07, 6.45) is -3.80. The fraction of sp³-hybridized carbons (Fsp3) is 0.200. The first-order valence-electron chi connectivity index (χ1n) is 12.4. The number of ether oxygens (including phenoxy) is 2. The Morgan fingerprint density at radius 3 is 2.56 bits per heavy atom. The minimum Gasteiger partial charge on any atom is -0.496 e. The molecule has 9 nitrogen and oxygen atoms in total. The number of nitrogens with zero attached hydrogens (tertiary/aromatic N) is 3. The second-order valence-electron chi connectivity index (χ2n) is 7.97. The number of anilines is 1. The molecule has 0 bridgehead atoms. The summed E-state index contributed by atoms with van der Waals surface area (Å²) in [5.41, 5.74) is -1.57. The number of fused-ring (bicyclic) bond motifs is 1. The van der Waals surface area contributed by atoms with Gasteiger partial charge in [0.15, 0.2) is 11.5 Å². The van der Waals surface area contributed by atoms with E-state index in [0.717, 1.165) is 7.11 Å². The molecule has 2 amide bonds. The number of carbonyl (C=O) groups is 2. The average Bonchev–Trinajstić information content (AvgIpc) is 3.27. The SMILES string of the molecule is [2H]C([2H])([2H])[C@@H](NC(=O)c1c(OC)ccc(-c2ccc3nc(NC(C)=O)cn3n2)c1F)c1cc(OC(F)(F)F)ccc1F. The van der Waals surface area contributed by atoms with Crippen LogP contribution in [0.3, 0.4) is 0 Å². The van der Waals surface area contributed by atoms with E-state index in [-0.39, 0.29) is 28.7 Å². The van der Waals surface area contributed by atoms with Crippen molar-refractivity contribution in [3.63, 3.8) is 0 Å². The van der Waals surface area contributed by atoms with Crippen molar-refractivity contribution >= 4 is 23.3 Å². The molecular formula is C25H20F5N5O4. The van der Waals surface area contributed by atoms with Crippen molar-refractivity contribution in [3.8, 4) is 22.8 Å². The number of hydrogen-bond acceptors (Lipinski definition) is 6. The highest BCUT2D eigenvalue weighted by Gasteiger charge is 2.32. The molecule has 0 aliphatic heterocycles. The Kier molecular flexibility index (Phi) is 6.32. The third kappa shape index (κ3) is 6.05. The molecule has 2 aromatic heterocycles. The summed E-state index contributed by atoms with van der Waals surface area (Å²) in [6.45, 7) is -1.92. The first kappa shape index (κ1) is 23.4. The predicted molar refractivity (Wildman–Crippen MR) is 128 cm³/mol. The third-order valence-corrected chi connectivity index (χ3v) is 5.24. The number of methoxy groups -OCH3 is 1. The molecule has 0 saturated heterocycles. The number of aromatic nitrogens is 3. The number of alkyl halides is 3. The molecule has 2 aromatic carbocycles. The first-order valence-corrected chi connectivity index (χ1v) is 10.9. The Morgan fingerprint density at radius 1 is 1.13 bits per heavy atom. The van der Waals surface area contributed by atoms with Gasteiger partial charge in [-0.1, -0.05) is 0 Å². The minimum absolute atomic E-state index is 0.00102. The van der Waals surface area contributed by atoms with Crippen molar-refractivity contribution in [2.45, 2.75) is 26.2 Å². The van der Waals surface area contributed by atoms with Crippen molar-refractivity contribution in [2.75, 3.05) is 12.4 Å². The first-order chi connectivity index (χ1) is 19.6. The van der Waals surface area contributed by atoms with Crippen molar-refractivity contribution in [3.05, 3.63) is 71.4 Å². The molecule has 0 aliphatic carbocycles. The summed E-state index contributed by atoms with van der Waals surface area (Å²) in [7, 11) is 1.11. The highest BCUT2D eigenvalue weighted by atomic mass is 19.4. The Bertz CT molecular complexity index is 1680. The lowest BCUT2D eigenvalue weighted by Gasteiger charge is -2.19. The van der Waals surface area contributed by atoms with Crippen LogP contribution in [0.25, 0.3) is 16.9 Å². The lowest BCUT2D eigenvalue weighted by molar-refractivity contribution is -0.274. The standard InChI is InChI=1S/C25H20F5N5O4/c1-12(16-10-14(4-6-17(16)26)39-25(28,29)30)31-24(37)22-19(38-3)8-5-15(23(22)27)18-7-9-21-33-20(32-13(2)36)11-35(21)34-18/h4-12H,1-3H3,(H,31,37)(H,32,36)/t12-/m1/s1/i1D3. The molecule has 1 atom stereocenters. The Labute approximate surface area is 221 Å². The summed E-state index contributed by atoms with van der Waals surface area (Å²) in [6, 6.07) is 4.70. The van der Waals surface area contributed by atoms with E-state index in [1.165, 1.54) is 41.9 Å². The van der Waals surface area contributed by atoms with Crippen LogP contribution in [0.4, 0.5) is 27.8 Å². The molecular weight excluding hydrogens is 529 g/mol. The molecule has 204 valence electrons. The number of carbonyl (C=O) groups excluding carboxylic acids is 2. The second kappa shape index (κ2) is 10.6. The van der Waals surface area contributed by atoms with E-state index in [1.807, 2.05) is 5.32 Å². The molecule has 14 heteroatoms. The van der Waals surface area contributed by atoms with Crippen LogP contribution < -0.4 is 20.1 Å². The summed E-state index contributed by atoms with van der Waals surface area (Å²) in [5, 5.41) is 8.70. The van der Waals surface area contributed by atoms with Gasteiger partial charge in [0.1, 0.15) is 28.7 Å². The fourth-order valence-electron chi connectivity index (χ4n) is 3.63. The van der Waals surface area contributed by atoms with Crippen LogP contribution in [-0.4, -0.2) is 39.9 Å². The topological polar surface area (TPSA) is 107 Å². The van der Waals surface area contributed by atoms with Crippen molar-refractivity contribution in [1.29, 1.82) is 0 Å². The largest absolute Gasteiger partial charge is 0.573 e. The zero-order valence-electron chi connectivity index (χ0n) is 23.1. The van der Waals surface area contributed by atoms with E-state index in [9.17, 15) is 27.2 Å². The molecule has 4 rings (SSSR count). The molecule has 0 saturated carbocycles. The number of hydrogen-bond donors (Lipinski definition) is 2.